The standard InChI is InChI=1S/C21H31ClFN3O4S/c1-14(2)12-18(26-20(27)15-6-3-4-7-15)21(28)24-10-5-11-25-31(29,30)19-9-8-16(23)13-17(19)22/h8-9,13-15,18,25H,3-7,10-12H2,1-2H3,(H,24,28)(H,26,27)/t18-/m0/s1. The summed E-state index contributed by atoms with van der Waals surface area (Å²) >= 11 is 5.81. The van der Waals surface area contributed by atoms with Crippen LogP contribution in [0.5, 0.6) is 0 Å². The van der Waals surface area contributed by atoms with Crippen molar-refractivity contribution < 1.29 is 22.4 Å². The van der Waals surface area contributed by atoms with Gasteiger partial charge in [-0.05, 0) is 49.8 Å². The molecule has 7 nitrogen and oxygen atoms in total. The average molecular weight is 476 g/mol. The maximum Gasteiger partial charge on any atom is 0.242 e. The van der Waals surface area contributed by atoms with Crippen LogP contribution < -0.4 is 15.4 Å². The van der Waals surface area contributed by atoms with Crippen molar-refractivity contribution in [1.82, 2.24) is 15.4 Å². The zero-order valence-electron chi connectivity index (χ0n) is 17.9. The molecule has 1 atom stereocenters. The van der Waals surface area contributed by atoms with Crippen LogP contribution in [-0.2, 0) is 19.6 Å². The molecule has 1 aromatic carbocycles. The van der Waals surface area contributed by atoms with Gasteiger partial charge in [0.2, 0.25) is 21.8 Å². The van der Waals surface area contributed by atoms with Gasteiger partial charge in [-0.1, -0.05) is 38.3 Å². The van der Waals surface area contributed by atoms with Crippen LogP contribution in [0.3, 0.4) is 0 Å². The summed E-state index contributed by atoms with van der Waals surface area (Å²) in [6, 6.07) is 2.45. The third-order valence-corrected chi connectivity index (χ3v) is 7.14. The first-order chi connectivity index (χ1) is 14.6. The van der Waals surface area contributed by atoms with Gasteiger partial charge in [0.05, 0.1) is 5.02 Å². The number of amides is 2. The molecule has 1 aliphatic rings. The molecule has 0 aromatic heterocycles. The van der Waals surface area contributed by atoms with Crippen LogP contribution in [0.4, 0.5) is 4.39 Å². The van der Waals surface area contributed by atoms with E-state index in [0.717, 1.165) is 43.9 Å². The Balaban J connectivity index is 1.80. The normalized spacial score (nSPS) is 15.8. The minimum absolute atomic E-state index is 0.0184. The van der Waals surface area contributed by atoms with Crippen molar-refractivity contribution >= 4 is 33.4 Å². The molecule has 0 heterocycles. The lowest BCUT2D eigenvalue weighted by Gasteiger charge is -2.22. The molecule has 1 saturated carbocycles. The van der Waals surface area contributed by atoms with Gasteiger partial charge in [-0.2, -0.15) is 0 Å². The number of benzene rings is 1. The first-order valence-electron chi connectivity index (χ1n) is 10.6. The fourth-order valence-corrected chi connectivity index (χ4v) is 5.18. The van der Waals surface area contributed by atoms with Crippen molar-refractivity contribution in [1.29, 1.82) is 0 Å². The largest absolute Gasteiger partial charge is 0.354 e. The molecule has 2 rings (SSSR count). The molecule has 0 bridgehead atoms. The predicted molar refractivity (Wildman–Crippen MR) is 118 cm³/mol. The van der Waals surface area contributed by atoms with Crippen molar-refractivity contribution in [2.45, 2.75) is 63.3 Å². The van der Waals surface area contributed by atoms with Crippen LogP contribution in [-0.4, -0.2) is 39.4 Å². The summed E-state index contributed by atoms with van der Waals surface area (Å²) in [6.45, 7) is 4.28. The molecule has 2 amide bonds. The lowest BCUT2D eigenvalue weighted by Crippen LogP contribution is -2.49. The van der Waals surface area contributed by atoms with E-state index in [9.17, 15) is 22.4 Å². The first-order valence-corrected chi connectivity index (χ1v) is 12.5. The second-order valence-electron chi connectivity index (χ2n) is 8.29. The molecular formula is C21H31ClFN3O4S. The Morgan fingerprint density at radius 3 is 2.48 bits per heavy atom. The van der Waals surface area contributed by atoms with Crippen LogP contribution >= 0.6 is 11.6 Å². The van der Waals surface area contributed by atoms with E-state index in [-0.39, 0.29) is 46.7 Å². The highest BCUT2D eigenvalue weighted by molar-refractivity contribution is 7.89. The number of sulfonamides is 1. The fraction of sp³-hybridized carbons (Fsp3) is 0.619. The molecule has 1 fully saturated rings. The van der Waals surface area contributed by atoms with Gasteiger partial charge in [0.15, 0.2) is 0 Å². The number of rotatable bonds is 11. The van der Waals surface area contributed by atoms with E-state index in [1.165, 1.54) is 0 Å². The van der Waals surface area contributed by atoms with Gasteiger partial charge >= 0.3 is 0 Å². The van der Waals surface area contributed by atoms with Crippen LogP contribution in [0.25, 0.3) is 0 Å². The van der Waals surface area contributed by atoms with Crippen LogP contribution in [0.15, 0.2) is 23.1 Å². The van der Waals surface area contributed by atoms with Crippen molar-refractivity contribution in [3.05, 3.63) is 29.0 Å². The van der Waals surface area contributed by atoms with E-state index < -0.39 is 21.9 Å². The smallest absolute Gasteiger partial charge is 0.242 e. The van der Waals surface area contributed by atoms with Crippen molar-refractivity contribution in [3.63, 3.8) is 0 Å². The Morgan fingerprint density at radius 2 is 1.87 bits per heavy atom. The van der Waals surface area contributed by atoms with E-state index in [4.69, 9.17) is 11.6 Å². The minimum atomic E-state index is -3.88. The molecule has 174 valence electrons. The molecule has 0 unspecified atom stereocenters. The summed E-state index contributed by atoms with van der Waals surface area (Å²) in [5.41, 5.74) is 0. The lowest BCUT2D eigenvalue weighted by molar-refractivity contribution is -0.131. The van der Waals surface area contributed by atoms with E-state index >= 15 is 0 Å². The summed E-state index contributed by atoms with van der Waals surface area (Å²) in [6.07, 6.45) is 4.67. The molecular weight excluding hydrogens is 445 g/mol. The quantitative estimate of drug-likeness (QED) is 0.428. The summed E-state index contributed by atoms with van der Waals surface area (Å²) in [7, 11) is -3.88. The van der Waals surface area contributed by atoms with Gasteiger partial charge in [0.1, 0.15) is 16.8 Å². The zero-order chi connectivity index (χ0) is 23.0. The van der Waals surface area contributed by atoms with Gasteiger partial charge in [-0.15, -0.1) is 0 Å². The van der Waals surface area contributed by atoms with Gasteiger partial charge in [0.25, 0.3) is 0 Å². The monoisotopic (exact) mass is 475 g/mol. The van der Waals surface area contributed by atoms with Gasteiger partial charge in [0, 0.05) is 19.0 Å². The lowest BCUT2D eigenvalue weighted by atomic mass is 10.0. The Bertz CT molecular complexity index is 873. The molecule has 10 heteroatoms. The molecule has 3 N–H and O–H groups in total. The number of halogens is 2. The van der Waals surface area contributed by atoms with Crippen LogP contribution in [0.1, 0.15) is 52.4 Å². The maximum atomic E-state index is 13.1. The summed E-state index contributed by atoms with van der Waals surface area (Å²) in [4.78, 5) is 24.8. The number of carbonyl (C=O) groups excluding carboxylic acids is 2. The van der Waals surface area contributed by atoms with E-state index in [1.54, 1.807) is 0 Å². The number of hydrogen-bond acceptors (Lipinski definition) is 4. The molecule has 0 radical (unpaired) electrons. The molecule has 0 aliphatic heterocycles. The molecule has 1 aromatic rings. The van der Waals surface area contributed by atoms with Crippen molar-refractivity contribution in [2.24, 2.45) is 11.8 Å². The number of carbonyl (C=O) groups is 2. The second-order valence-corrected chi connectivity index (χ2v) is 10.4. The molecule has 1 aliphatic carbocycles. The third-order valence-electron chi connectivity index (χ3n) is 5.19. The molecule has 31 heavy (non-hydrogen) atoms. The van der Waals surface area contributed by atoms with Gasteiger partial charge in [-0.25, -0.2) is 17.5 Å². The van der Waals surface area contributed by atoms with E-state index in [2.05, 4.69) is 15.4 Å². The Hall–Kier alpha value is -1.71. The van der Waals surface area contributed by atoms with E-state index in [0.29, 0.717) is 12.8 Å². The summed E-state index contributed by atoms with van der Waals surface area (Å²) in [5.74, 6) is -0.753. The molecule has 0 saturated heterocycles. The highest BCUT2D eigenvalue weighted by Crippen LogP contribution is 2.25. The topological polar surface area (TPSA) is 104 Å². The minimum Gasteiger partial charge on any atom is -0.354 e. The Labute approximate surface area is 188 Å². The highest BCUT2D eigenvalue weighted by Gasteiger charge is 2.28. The summed E-state index contributed by atoms with van der Waals surface area (Å²) < 4.78 is 40.1. The Morgan fingerprint density at radius 1 is 1.19 bits per heavy atom. The molecule has 0 spiro atoms. The van der Waals surface area contributed by atoms with Gasteiger partial charge in [-0.3, -0.25) is 9.59 Å². The SMILES string of the molecule is CC(C)C[C@H](NC(=O)C1CCCC1)C(=O)NCCCNS(=O)(=O)c1ccc(F)cc1Cl. The Kier molecular flexibility index (Phi) is 9.71. The van der Waals surface area contributed by atoms with Gasteiger partial charge < -0.3 is 10.6 Å². The maximum absolute atomic E-state index is 13.1. The van der Waals surface area contributed by atoms with Crippen LogP contribution in [0, 0.1) is 17.7 Å². The van der Waals surface area contributed by atoms with Crippen molar-refractivity contribution in [3.8, 4) is 0 Å². The number of nitrogens with one attached hydrogen (secondary N) is 3. The fourth-order valence-electron chi connectivity index (χ4n) is 3.58. The van der Waals surface area contributed by atoms with Crippen LogP contribution in [0.2, 0.25) is 5.02 Å². The van der Waals surface area contributed by atoms with E-state index in [1.807, 2.05) is 13.8 Å². The summed E-state index contributed by atoms with van der Waals surface area (Å²) in [5, 5.41) is 5.45. The first kappa shape index (κ1) is 25.5. The van der Waals surface area contributed by atoms with Crippen molar-refractivity contribution in [2.75, 3.05) is 13.1 Å². The second kappa shape index (κ2) is 11.8. The zero-order valence-corrected chi connectivity index (χ0v) is 19.5. The predicted octanol–water partition coefficient (Wildman–Crippen LogP) is 2.98. The highest BCUT2D eigenvalue weighted by atomic mass is 35.5. The average Bonchev–Trinajstić information content (AvgIpc) is 3.21. The number of hydrogen-bond donors (Lipinski definition) is 3. The third kappa shape index (κ3) is 8.05.